The van der Waals surface area contributed by atoms with Crippen LogP contribution in [0, 0.1) is 5.41 Å². The van der Waals surface area contributed by atoms with Crippen LogP contribution in [0.1, 0.15) is 37.7 Å². The van der Waals surface area contributed by atoms with Crippen LogP contribution in [0.15, 0.2) is 35.3 Å². The van der Waals surface area contributed by atoms with Crippen LogP contribution in [0.4, 0.5) is 0 Å². The lowest BCUT2D eigenvalue weighted by Gasteiger charge is -2.39. The van der Waals surface area contributed by atoms with Gasteiger partial charge in [-0.25, -0.2) is 0 Å². The maximum absolute atomic E-state index is 4.72. The van der Waals surface area contributed by atoms with Crippen molar-refractivity contribution in [3.05, 3.63) is 35.9 Å². The Labute approximate surface area is 115 Å². The Hall–Kier alpha value is -1.51. The number of benzene rings is 1. The number of nitrogens with one attached hydrogen (secondary N) is 2. The molecule has 2 aliphatic rings. The molecule has 1 aliphatic heterocycles. The molecule has 19 heavy (non-hydrogen) atoms. The monoisotopic (exact) mass is 257 g/mol. The van der Waals surface area contributed by atoms with Gasteiger partial charge >= 0.3 is 0 Å². The number of guanidine groups is 1. The molecule has 0 bridgehead atoms. The Kier molecular flexibility index (Phi) is 3.72. The molecule has 0 amide bonds. The van der Waals surface area contributed by atoms with Gasteiger partial charge in [0.1, 0.15) is 0 Å². The van der Waals surface area contributed by atoms with E-state index in [2.05, 4.69) is 34.9 Å². The van der Waals surface area contributed by atoms with Crippen molar-refractivity contribution in [2.24, 2.45) is 10.4 Å². The summed E-state index contributed by atoms with van der Waals surface area (Å²) in [4.78, 5) is 4.72. The van der Waals surface area contributed by atoms with Crippen molar-refractivity contribution in [1.82, 2.24) is 10.6 Å². The molecule has 3 nitrogen and oxygen atoms in total. The standard InChI is InChI=1S/C16H23N3/c1-3-7-14(8-4-1)11-17-15-18-12-16(13-19-15)9-5-2-6-10-16/h1,3-4,7-8H,2,5-6,9-13H2,(H2,17,18,19). The number of nitrogens with zero attached hydrogens (tertiary/aromatic N) is 1. The number of rotatable bonds is 2. The number of hydrogen-bond acceptors (Lipinski definition) is 3. The predicted molar refractivity (Wildman–Crippen MR) is 79.1 cm³/mol. The van der Waals surface area contributed by atoms with E-state index in [1.54, 1.807) is 0 Å². The van der Waals surface area contributed by atoms with Gasteiger partial charge < -0.3 is 10.6 Å². The van der Waals surface area contributed by atoms with Crippen LogP contribution in [0.3, 0.4) is 0 Å². The molecule has 0 unspecified atom stereocenters. The van der Waals surface area contributed by atoms with E-state index in [0.717, 1.165) is 25.6 Å². The number of aliphatic imine (C=N–C) groups is 1. The second-order valence-electron chi connectivity index (χ2n) is 5.92. The lowest BCUT2D eigenvalue weighted by Crippen LogP contribution is -2.49. The van der Waals surface area contributed by atoms with Crippen molar-refractivity contribution < 1.29 is 0 Å². The zero-order valence-electron chi connectivity index (χ0n) is 11.5. The molecule has 2 N–H and O–H groups in total. The van der Waals surface area contributed by atoms with E-state index in [1.165, 1.54) is 37.7 Å². The quantitative estimate of drug-likeness (QED) is 0.854. The van der Waals surface area contributed by atoms with Crippen molar-refractivity contribution >= 4 is 5.96 Å². The zero-order valence-corrected chi connectivity index (χ0v) is 11.5. The van der Waals surface area contributed by atoms with Crippen LogP contribution in [0.5, 0.6) is 0 Å². The summed E-state index contributed by atoms with van der Waals surface area (Å²) in [6, 6.07) is 10.5. The summed E-state index contributed by atoms with van der Waals surface area (Å²) >= 11 is 0. The summed E-state index contributed by atoms with van der Waals surface area (Å²) in [5.41, 5.74) is 1.75. The molecule has 1 aromatic carbocycles. The molecule has 3 heteroatoms. The van der Waals surface area contributed by atoms with Gasteiger partial charge in [0.05, 0.1) is 6.54 Å². The smallest absolute Gasteiger partial charge is 0.191 e. The van der Waals surface area contributed by atoms with Gasteiger partial charge in [-0.05, 0) is 18.4 Å². The van der Waals surface area contributed by atoms with Gasteiger partial charge in [0, 0.05) is 18.5 Å². The lowest BCUT2D eigenvalue weighted by atomic mass is 9.73. The Morgan fingerprint density at radius 3 is 2.58 bits per heavy atom. The highest BCUT2D eigenvalue weighted by Gasteiger charge is 2.34. The van der Waals surface area contributed by atoms with Crippen molar-refractivity contribution in [1.29, 1.82) is 0 Å². The number of hydrogen-bond donors (Lipinski definition) is 2. The van der Waals surface area contributed by atoms with Gasteiger partial charge in [-0.15, -0.1) is 0 Å². The first-order valence-corrected chi connectivity index (χ1v) is 7.43. The van der Waals surface area contributed by atoms with E-state index < -0.39 is 0 Å². The third kappa shape index (κ3) is 3.09. The van der Waals surface area contributed by atoms with E-state index in [4.69, 9.17) is 4.99 Å². The summed E-state index contributed by atoms with van der Waals surface area (Å²) in [7, 11) is 0. The van der Waals surface area contributed by atoms with Crippen molar-refractivity contribution in [3.63, 3.8) is 0 Å². The van der Waals surface area contributed by atoms with E-state index in [0.29, 0.717) is 5.41 Å². The van der Waals surface area contributed by atoms with Crippen LogP contribution in [0.2, 0.25) is 0 Å². The normalized spacial score (nSPS) is 21.6. The fourth-order valence-electron chi connectivity index (χ4n) is 3.17. The average molecular weight is 257 g/mol. The van der Waals surface area contributed by atoms with Gasteiger partial charge in [-0.3, -0.25) is 4.99 Å². The molecule has 1 aliphatic carbocycles. The minimum absolute atomic E-state index is 0.455. The maximum Gasteiger partial charge on any atom is 0.191 e. The first-order chi connectivity index (χ1) is 9.36. The maximum atomic E-state index is 4.72. The highest BCUT2D eigenvalue weighted by molar-refractivity contribution is 5.80. The molecule has 0 aromatic heterocycles. The largest absolute Gasteiger partial charge is 0.356 e. The summed E-state index contributed by atoms with van der Waals surface area (Å²) in [6.45, 7) is 2.93. The molecular formula is C16H23N3. The Morgan fingerprint density at radius 1 is 1.11 bits per heavy atom. The Morgan fingerprint density at radius 2 is 1.89 bits per heavy atom. The third-order valence-corrected chi connectivity index (χ3v) is 4.42. The summed E-state index contributed by atoms with van der Waals surface area (Å²) in [6.07, 6.45) is 6.85. The van der Waals surface area contributed by atoms with Gasteiger partial charge in [-0.1, -0.05) is 49.6 Å². The topological polar surface area (TPSA) is 36.4 Å². The summed E-state index contributed by atoms with van der Waals surface area (Å²) in [5.74, 6) is 0.972. The van der Waals surface area contributed by atoms with Gasteiger partial charge in [0.2, 0.25) is 0 Å². The highest BCUT2D eigenvalue weighted by Crippen LogP contribution is 2.36. The lowest BCUT2D eigenvalue weighted by molar-refractivity contribution is 0.193. The average Bonchev–Trinajstić information content (AvgIpc) is 2.49. The van der Waals surface area contributed by atoms with E-state index in [-0.39, 0.29) is 0 Å². The fourth-order valence-corrected chi connectivity index (χ4v) is 3.17. The second kappa shape index (κ2) is 5.64. The van der Waals surface area contributed by atoms with Crippen molar-refractivity contribution in [2.75, 3.05) is 13.1 Å². The Bertz CT molecular complexity index is 433. The molecule has 0 radical (unpaired) electrons. The van der Waals surface area contributed by atoms with Crippen LogP contribution in [-0.2, 0) is 6.54 Å². The Balaban J connectivity index is 1.53. The SMILES string of the molecule is c1ccc(CNC2=NCC3(CCCCC3)CN2)cc1. The molecule has 1 saturated carbocycles. The van der Waals surface area contributed by atoms with Gasteiger partial charge in [0.25, 0.3) is 0 Å². The molecule has 1 spiro atoms. The second-order valence-corrected chi connectivity index (χ2v) is 5.92. The minimum atomic E-state index is 0.455. The molecule has 102 valence electrons. The molecule has 1 aromatic rings. The zero-order chi connectivity index (χ0) is 13.0. The van der Waals surface area contributed by atoms with Crippen LogP contribution >= 0.6 is 0 Å². The van der Waals surface area contributed by atoms with Crippen LogP contribution in [-0.4, -0.2) is 19.0 Å². The van der Waals surface area contributed by atoms with Crippen LogP contribution in [0.25, 0.3) is 0 Å². The third-order valence-electron chi connectivity index (χ3n) is 4.42. The van der Waals surface area contributed by atoms with E-state index in [1.807, 2.05) is 6.07 Å². The summed E-state index contributed by atoms with van der Waals surface area (Å²) < 4.78 is 0. The predicted octanol–water partition coefficient (Wildman–Crippen LogP) is 2.69. The van der Waals surface area contributed by atoms with E-state index >= 15 is 0 Å². The van der Waals surface area contributed by atoms with Gasteiger partial charge in [0.15, 0.2) is 5.96 Å². The molecular weight excluding hydrogens is 234 g/mol. The van der Waals surface area contributed by atoms with Crippen molar-refractivity contribution in [2.45, 2.75) is 38.6 Å². The van der Waals surface area contributed by atoms with Crippen LogP contribution < -0.4 is 10.6 Å². The van der Waals surface area contributed by atoms with Crippen molar-refractivity contribution in [3.8, 4) is 0 Å². The molecule has 0 atom stereocenters. The molecule has 0 saturated heterocycles. The first-order valence-electron chi connectivity index (χ1n) is 7.43. The fraction of sp³-hybridized carbons (Fsp3) is 0.562. The molecule has 3 rings (SSSR count). The molecule has 1 heterocycles. The van der Waals surface area contributed by atoms with Gasteiger partial charge in [-0.2, -0.15) is 0 Å². The highest BCUT2D eigenvalue weighted by atomic mass is 15.2. The van der Waals surface area contributed by atoms with E-state index in [9.17, 15) is 0 Å². The summed E-state index contributed by atoms with van der Waals surface area (Å²) in [5, 5.41) is 6.89. The first kappa shape index (κ1) is 12.5. The minimum Gasteiger partial charge on any atom is -0.356 e. The molecule has 1 fully saturated rings.